The fourth-order valence-electron chi connectivity index (χ4n) is 5.74. The van der Waals surface area contributed by atoms with Gasteiger partial charge in [-0.3, -0.25) is 4.79 Å². The number of sulfone groups is 1. The lowest BCUT2D eigenvalue weighted by Crippen LogP contribution is -2.30. The Morgan fingerprint density at radius 3 is 2.62 bits per heavy atom. The number of rotatable bonds is 11. The summed E-state index contributed by atoms with van der Waals surface area (Å²) in [7, 11) is -3.02. The molecule has 0 saturated heterocycles. The lowest BCUT2D eigenvalue weighted by Gasteiger charge is -2.25. The molecule has 0 fully saturated rings. The molecular weight excluding hydrogens is 556 g/mol. The summed E-state index contributed by atoms with van der Waals surface area (Å²) < 4.78 is 47.3. The maximum Gasteiger partial charge on any atom is 0.303 e. The van der Waals surface area contributed by atoms with Gasteiger partial charge in [-0.1, -0.05) is 12.1 Å². The van der Waals surface area contributed by atoms with Crippen molar-refractivity contribution in [3.63, 3.8) is 0 Å². The van der Waals surface area contributed by atoms with Crippen molar-refractivity contribution >= 4 is 15.8 Å². The zero-order chi connectivity index (χ0) is 30.1. The van der Waals surface area contributed by atoms with Gasteiger partial charge in [0, 0.05) is 42.2 Å². The van der Waals surface area contributed by atoms with E-state index in [0.717, 1.165) is 50.6 Å². The van der Waals surface area contributed by atoms with Gasteiger partial charge in [-0.15, -0.1) is 0 Å². The summed E-state index contributed by atoms with van der Waals surface area (Å²) in [4.78, 5) is 11.0. The van der Waals surface area contributed by atoms with Crippen LogP contribution in [0.4, 0.5) is 0 Å². The third-order valence-electron chi connectivity index (χ3n) is 7.61. The van der Waals surface area contributed by atoms with Gasteiger partial charge in [-0.2, -0.15) is 0 Å². The Bertz CT molecular complexity index is 1590. The summed E-state index contributed by atoms with van der Waals surface area (Å²) in [5, 5.41) is 9.01. The number of carboxylic acid groups (broad SMARTS) is 1. The smallest absolute Gasteiger partial charge is 0.303 e. The Morgan fingerprint density at radius 2 is 1.86 bits per heavy atom. The van der Waals surface area contributed by atoms with Crippen molar-refractivity contribution in [3.8, 4) is 34.1 Å². The van der Waals surface area contributed by atoms with Crippen molar-refractivity contribution in [2.24, 2.45) is 0 Å². The summed E-state index contributed by atoms with van der Waals surface area (Å²) >= 11 is 0. The quantitative estimate of drug-likeness (QED) is 0.265. The molecule has 5 rings (SSSR count). The average Bonchev–Trinajstić information content (AvgIpc) is 3.25. The van der Waals surface area contributed by atoms with Crippen LogP contribution in [0.1, 0.15) is 61.3 Å². The van der Waals surface area contributed by atoms with Crippen LogP contribution in [-0.2, 0) is 27.7 Å². The molecule has 9 heteroatoms. The molecule has 3 aromatic rings. The van der Waals surface area contributed by atoms with Crippen molar-refractivity contribution in [2.75, 3.05) is 25.2 Å². The number of hydrogen-bond acceptors (Lipinski definition) is 7. The van der Waals surface area contributed by atoms with E-state index in [2.05, 4.69) is 26.8 Å². The number of ether oxygens (including phenoxy) is 4. The molecule has 224 valence electrons. The average molecular weight is 595 g/mol. The topological polar surface area (TPSA) is 108 Å². The highest BCUT2D eigenvalue weighted by atomic mass is 32.2. The van der Waals surface area contributed by atoms with Crippen LogP contribution in [0.5, 0.6) is 23.0 Å². The number of aliphatic carboxylic acids is 1. The van der Waals surface area contributed by atoms with Crippen LogP contribution in [0.2, 0.25) is 0 Å². The Morgan fingerprint density at radius 1 is 1.05 bits per heavy atom. The molecule has 0 spiro atoms. The van der Waals surface area contributed by atoms with Gasteiger partial charge < -0.3 is 24.1 Å². The van der Waals surface area contributed by atoms with Crippen LogP contribution in [0, 0.1) is 6.92 Å². The molecule has 0 aliphatic carbocycles. The van der Waals surface area contributed by atoms with Crippen molar-refractivity contribution in [1.82, 2.24) is 0 Å². The van der Waals surface area contributed by atoms with Crippen LogP contribution < -0.4 is 18.9 Å². The van der Waals surface area contributed by atoms with Gasteiger partial charge in [0.15, 0.2) is 0 Å². The zero-order valence-electron chi connectivity index (χ0n) is 24.6. The van der Waals surface area contributed by atoms with Gasteiger partial charge >= 0.3 is 5.97 Å². The molecule has 0 amide bonds. The number of carbonyl (C=O) groups is 1. The fourth-order valence-corrected chi connectivity index (χ4v) is 6.38. The number of hydrogen-bond donors (Lipinski definition) is 1. The second-order valence-electron chi connectivity index (χ2n) is 11.9. The summed E-state index contributed by atoms with van der Waals surface area (Å²) in [6.07, 6.45) is 3.03. The molecule has 42 heavy (non-hydrogen) atoms. The second-order valence-corrected chi connectivity index (χ2v) is 14.2. The minimum atomic E-state index is -3.02. The first-order chi connectivity index (χ1) is 19.9. The first-order valence-corrected chi connectivity index (χ1v) is 16.3. The molecule has 3 aromatic carbocycles. The van der Waals surface area contributed by atoms with Crippen molar-refractivity contribution in [3.05, 3.63) is 70.8 Å². The summed E-state index contributed by atoms with van der Waals surface area (Å²) in [6, 6.07) is 15.9. The highest BCUT2D eigenvalue weighted by molar-refractivity contribution is 7.90. The van der Waals surface area contributed by atoms with Gasteiger partial charge in [0.05, 0.1) is 19.0 Å². The zero-order valence-corrected chi connectivity index (χ0v) is 25.4. The van der Waals surface area contributed by atoms with E-state index in [1.807, 2.05) is 42.5 Å². The maximum absolute atomic E-state index is 11.5. The standard InChI is InChI=1S/C33H38O8S/c1-21-14-26(38-12-5-13-42(4,36)37)16-24-18-33(2,3)41-29-10-6-22(15-28(29)32(21)24)19-39-25-8-9-27-23(7-11-31(34)35)20-40-30(27)17-25/h6,8-10,14-17,23H,5,7,11-13,18-20H2,1-4H3,(H,34,35)/t23-/m1/s1. The predicted octanol–water partition coefficient (Wildman–Crippen LogP) is 6.11. The lowest BCUT2D eigenvalue weighted by molar-refractivity contribution is -0.137. The van der Waals surface area contributed by atoms with Crippen LogP contribution >= 0.6 is 0 Å². The summed E-state index contributed by atoms with van der Waals surface area (Å²) in [5.74, 6) is 2.36. The highest BCUT2D eigenvalue weighted by Gasteiger charge is 2.30. The van der Waals surface area contributed by atoms with Gasteiger partial charge in [-0.25, -0.2) is 8.42 Å². The largest absolute Gasteiger partial charge is 0.494 e. The first kappa shape index (κ1) is 29.8. The third-order valence-corrected chi connectivity index (χ3v) is 8.64. The van der Waals surface area contributed by atoms with Crippen LogP contribution in [-0.4, -0.2) is 50.3 Å². The Hall–Kier alpha value is -3.72. The Balaban J connectivity index is 1.34. The normalized spacial score (nSPS) is 16.7. The van der Waals surface area contributed by atoms with Gasteiger partial charge in [0.2, 0.25) is 0 Å². The van der Waals surface area contributed by atoms with Crippen LogP contribution in [0.3, 0.4) is 0 Å². The predicted molar refractivity (Wildman–Crippen MR) is 161 cm³/mol. The Kier molecular flexibility index (Phi) is 8.42. The molecule has 8 nitrogen and oxygen atoms in total. The molecule has 2 aliphatic heterocycles. The van der Waals surface area contributed by atoms with E-state index in [1.54, 1.807) is 0 Å². The second kappa shape index (κ2) is 11.9. The molecule has 0 radical (unpaired) electrons. The van der Waals surface area contributed by atoms with E-state index in [4.69, 9.17) is 24.1 Å². The van der Waals surface area contributed by atoms with Crippen molar-refractivity contribution in [1.29, 1.82) is 0 Å². The lowest BCUT2D eigenvalue weighted by atomic mass is 9.89. The van der Waals surface area contributed by atoms with E-state index < -0.39 is 21.4 Å². The van der Waals surface area contributed by atoms with Gasteiger partial charge in [-0.05, 0) is 86.2 Å². The van der Waals surface area contributed by atoms with Crippen molar-refractivity contribution in [2.45, 2.75) is 64.6 Å². The molecule has 0 aromatic heterocycles. The van der Waals surface area contributed by atoms with Crippen LogP contribution in [0.25, 0.3) is 11.1 Å². The Labute approximate surface area is 247 Å². The van der Waals surface area contributed by atoms with E-state index in [1.165, 1.54) is 6.26 Å². The highest BCUT2D eigenvalue weighted by Crippen LogP contribution is 2.44. The van der Waals surface area contributed by atoms with E-state index >= 15 is 0 Å². The minimum Gasteiger partial charge on any atom is -0.494 e. The molecule has 2 aliphatic rings. The van der Waals surface area contributed by atoms with E-state index in [-0.39, 0.29) is 18.1 Å². The molecular formula is C33H38O8S. The summed E-state index contributed by atoms with van der Waals surface area (Å²) in [6.45, 7) is 7.37. The first-order valence-electron chi connectivity index (χ1n) is 14.2. The molecule has 0 bridgehead atoms. The molecule has 0 unspecified atom stereocenters. The van der Waals surface area contributed by atoms with Crippen molar-refractivity contribution < 1.29 is 37.3 Å². The van der Waals surface area contributed by atoms with Crippen LogP contribution in [0.15, 0.2) is 48.5 Å². The molecule has 2 heterocycles. The molecule has 1 N–H and O–H groups in total. The fraction of sp³-hybridized carbons (Fsp3) is 0.424. The maximum atomic E-state index is 11.5. The molecule has 1 atom stereocenters. The van der Waals surface area contributed by atoms with Gasteiger partial charge in [0.25, 0.3) is 0 Å². The van der Waals surface area contributed by atoms with E-state index in [9.17, 15) is 13.2 Å². The monoisotopic (exact) mass is 594 g/mol. The third kappa shape index (κ3) is 7.18. The van der Waals surface area contributed by atoms with E-state index in [0.29, 0.717) is 44.8 Å². The SMILES string of the molecule is Cc1cc(OCCCS(C)(=O)=O)cc2c1-c1cc(COc3ccc4c(c3)OC[C@H]4CCC(=O)O)ccc1OC(C)(C)C2. The summed E-state index contributed by atoms with van der Waals surface area (Å²) in [5.41, 5.74) is 5.85. The number of carboxylic acids is 1. The number of fused-ring (bicyclic) bond motifs is 4. The molecule has 0 saturated carbocycles. The minimum absolute atomic E-state index is 0.0840. The number of aryl methyl sites for hydroxylation is 1. The van der Waals surface area contributed by atoms with Gasteiger partial charge in [0.1, 0.15) is 45.0 Å². The number of benzene rings is 3.